The third kappa shape index (κ3) is 3.57. The Labute approximate surface area is 142 Å². The lowest BCUT2D eigenvalue weighted by Crippen LogP contribution is -2.39. The number of Topliss-reactive ketones (excluding diaryl/α,β-unsaturated/α-hetero) is 1. The van der Waals surface area contributed by atoms with Crippen LogP contribution in [0.25, 0.3) is 0 Å². The highest BCUT2D eigenvalue weighted by atomic mass is 32.2. The maximum Gasteiger partial charge on any atom is 0.243 e. The Morgan fingerprint density at radius 3 is 2.62 bits per heavy atom. The lowest BCUT2D eigenvalue weighted by atomic mass is 9.98. The van der Waals surface area contributed by atoms with Crippen LogP contribution in [0.15, 0.2) is 47.6 Å². The zero-order chi connectivity index (χ0) is 17.2. The maximum atomic E-state index is 12.8. The number of benzene rings is 1. The number of aromatic nitrogens is 2. The number of rotatable bonds is 5. The Hall–Kier alpha value is -1.99. The molecule has 1 aliphatic heterocycles. The molecular weight excluding hydrogens is 326 g/mol. The molecule has 0 spiro atoms. The lowest BCUT2D eigenvalue weighted by molar-refractivity contribution is 0.101. The molecule has 1 fully saturated rings. The predicted octanol–water partition coefficient (Wildman–Crippen LogP) is 2.19. The molecule has 128 valence electrons. The van der Waals surface area contributed by atoms with Crippen molar-refractivity contribution in [1.82, 2.24) is 14.1 Å². The monoisotopic (exact) mass is 347 g/mol. The molecule has 3 rings (SSSR count). The largest absolute Gasteiger partial charge is 0.295 e. The van der Waals surface area contributed by atoms with E-state index in [4.69, 9.17) is 0 Å². The summed E-state index contributed by atoms with van der Waals surface area (Å²) < 4.78 is 29.0. The van der Waals surface area contributed by atoms with Crippen LogP contribution in [0.4, 0.5) is 0 Å². The average Bonchev–Trinajstić information content (AvgIpc) is 3.08. The second-order valence-corrected chi connectivity index (χ2v) is 8.10. The fourth-order valence-corrected chi connectivity index (χ4v) is 4.55. The zero-order valence-corrected chi connectivity index (χ0v) is 14.4. The smallest absolute Gasteiger partial charge is 0.243 e. The average molecular weight is 347 g/mol. The Bertz CT molecular complexity index is 807. The highest BCUT2D eigenvalue weighted by Gasteiger charge is 2.29. The van der Waals surface area contributed by atoms with Gasteiger partial charge in [0.25, 0.3) is 0 Å². The molecule has 0 saturated carbocycles. The van der Waals surface area contributed by atoms with Crippen molar-refractivity contribution in [3.8, 4) is 0 Å². The first-order valence-corrected chi connectivity index (χ1v) is 9.49. The van der Waals surface area contributed by atoms with E-state index < -0.39 is 10.0 Å². The zero-order valence-electron chi connectivity index (χ0n) is 13.6. The summed E-state index contributed by atoms with van der Waals surface area (Å²) >= 11 is 0. The summed E-state index contributed by atoms with van der Waals surface area (Å²) in [6, 6.07) is 8.17. The number of carbonyl (C=O) groups is 1. The van der Waals surface area contributed by atoms with E-state index in [1.165, 1.54) is 17.3 Å². The molecule has 0 unspecified atom stereocenters. The number of nitrogens with zero attached hydrogens (tertiary/aromatic N) is 3. The number of ketones is 1. The van der Waals surface area contributed by atoms with Gasteiger partial charge in [0.2, 0.25) is 10.0 Å². The van der Waals surface area contributed by atoms with Crippen LogP contribution in [-0.2, 0) is 16.6 Å². The van der Waals surface area contributed by atoms with Gasteiger partial charge in [-0.05, 0) is 43.9 Å². The van der Waals surface area contributed by atoms with Crippen LogP contribution < -0.4 is 0 Å². The fourth-order valence-electron chi connectivity index (χ4n) is 3.03. The summed E-state index contributed by atoms with van der Waals surface area (Å²) in [4.78, 5) is 11.7. The maximum absolute atomic E-state index is 12.8. The number of hydrogen-bond acceptors (Lipinski definition) is 4. The number of hydrogen-bond donors (Lipinski definition) is 0. The van der Waals surface area contributed by atoms with Crippen molar-refractivity contribution >= 4 is 15.8 Å². The molecule has 1 aromatic heterocycles. The van der Waals surface area contributed by atoms with E-state index in [0.29, 0.717) is 24.6 Å². The summed E-state index contributed by atoms with van der Waals surface area (Å²) in [5, 5.41) is 4.20. The first kappa shape index (κ1) is 16.9. The molecular formula is C17H21N3O3S. The Morgan fingerprint density at radius 1 is 1.25 bits per heavy atom. The first-order valence-electron chi connectivity index (χ1n) is 8.05. The van der Waals surface area contributed by atoms with Gasteiger partial charge in [-0.2, -0.15) is 9.40 Å². The second kappa shape index (κ2) is 6.86. The van der Waals surface area contributed by atoms with E-state index in [0.717, 1.165) is 19.4 Å². The van der Waals surface area contributed by atoms with Gasteiger partial charge in [0.15, 0.2) is 5.78 Å². The van der Waals surface area contributed by atoms with Gasteiger partial charge < -0.3 is 0 Å². The van der Waals surface area contributed by atoms with E-state index in [1.807, 2.05) is 16.9 Å². The minimum absolute atomic E-state index is 0.134. The van der Waals surface area contributed by atoms with Crippen molar-refractivity contribution in [1.29, 1.82) is 0 Å². The van der Waals surface area contributed by atoms with Crippen LogP contribution in [-0.4, -0.2) is 41.4 Å². The third-order valence-electron chi connectivity index (χ3n) is 4.46. The Balaban J connectivity index is 1.68. The van der Waals surface area contributed by atoms with Crippen LogP contribution in [0.5, 0.6) is 0 Å². The quantitative estimate of drug-likeness (QED) is 0.777. The van der Waals surface area contributed by atoms with Gasteiger partial charge in [0.05, 0.1) is 4.90 Å². The Morgan fingerprint density at radius 2 is 2.00 bits per heavy atom. The first-order chi connectivity index (χ1) is 11.5. The Kier molecular flexibility index (Phi) is 4.82. The van der Waals surface area contributed by atoms with E-state index >= 15 is 0 Å². The van der Waals surface area contributed by atoms with E-state index in [-0.39, 0.29) is 10.7 Å². The van der Waals surface area contributed by atoms with Crippen molar-refractivity contribution in [2.24, 2.45) is 5.92 Å². The van der Waals surface area contributed by atoms with E-state index in [1.54, 1.807) is 24.4 Å². The summed E-state index contributed by atoms with van der Waals surface area (Å²) in [5.41, 5.74) is 0.421. The number of carbonyl (C=O) groups excluding carboxylic acids is 1. The number of piperidine rings is 1. The van der Waals surface area contributed by atoms with Crippen molar-refractivity contribution in [2.75, 3.05) is 13.1 Å². The van der Waals surface area contributed by atoms with Gasteiger partial charge in [-0.25, -0.2) is 8.42 Å². The molecule has 0 radical (unpaired) electrons. The lowest BCUT2D eigenvalue weighted by Gasteiger charge is -2.31. The minimum atomic E-state index is -3.54. The molecule has 1 aromatic carbocycles. The van der Waals surface area contributed by atoms with Gasteiger partial charge in [-0.1, -0.05) is 12.1 Å². The van der Waals surface area contributed by atoms with Gasteiger partial charge in [-0.3, -0.25) is 9.48 Å². The van der Waals surface area contributed by atoms with Crippen LogP contribution >= 0.6 is 0 Å². The molecule has 7 heteroatoms. The predicted molar refractivity (Wildman–Crippen MR) is 90.2 cm³/mol. The van der Waals surface area contributed by atoms with Gasteiger partial charge >= 0.3 is 0 Å². The van der Waals surface area contributed by atoms with Crippen molar-refractivity contribution in [3.63, 3.8) is 0 Å². The molecule has 2 aromatic rings. The standard InChI is InChI=1S/C17H21N3O3S/c1-14(21)16-4-2-5-17(12-16)24(22,23)20-10-6-15(7-11-20)13-19-9-3-8-18-19/h2-5,8-9,12,15H,6-7,10-11,13H2,1H3. The molecule has 6 nitrogen and oxygen atoms in total. The van der Waals surface area contributed by atoms with Crippen molar-refractivity contribution in [3.05, 3.63) is 48.3 Å². The summed E-state index contributed by atoms with van der Waals surface area (Å²) in [7, 11) is -3.54. The minimum Gasteiger partial charge on any atom is -0.295 e. The van der Waals surface area contributed by atoms with Crippen LogP contribution in [0, 0.1) is 5.92 Å². The molecule has 0 aliphatic carbocycles. The van der Waals surface area contributed by atoms with Crippen molar-refractivity contribution in [2.45, 2.75) is 31.2 Å². The second-order valence-electron chi connectivity index (χ2n) is 6.16. The third-order valence-corrected chi connectivity index (χ3v) is 6.35. The van der Waals surface area contributed by atoms with Gasteiger partial charge in [0, 0.05) is 37.6 Å². The SMILES string of the molecule is CC(=O)c1cccc(S(=O)(=O)N2CCC(Cn3cccn3)CC2)c1. The topological polar surface area (TPSA) is 72.3 Å². The molecule has 0 bridgehead atoms. The van der Waals surface area contributed by atoms with Crippen LogP contribution in [0.3, 0.4) is 0 Å². The van der Waals surface area contributed by atoms with Gasteiger partial charge in [0.1, 0.15) is 0 Å². The normalized spacial score (nSPS) is 17.0. The molecule has 0 amide bonds. The molecule has 0 atom stereocenters. The number of sulfonamides is 1. The summed E-state index contributed by atoms with van der Waals surface area (Å²) in [6.45, 7) is 3.25. The summed E-state index contributed by atoms with van der Waals surface area (Å²) in [6.07, 6.45) is 5.30. The molecule has 1 aliphatic rings. The van der Waals surface area contributed by atoms with E-state index in [2.05, 4.69) is 5.10 Å². The summed E-state index contributed by atoms with van der Waals surface area (Å²) in [5.74, 6) is 0.296. The van der Waals surface area contributed by atoms with Crippen molar-refractivity contribution < 1.29 is 13.2 Å². The molecule has 0 N–H and O–H groups in total. The molecule has 24 heavy (non-hydrogen) atoms. The molecule has 2 heterocycles. The van der Waals surface area contributed by atoms with E-state index in [9.17, 15) is 13.2 Å². The molecule has 1 saturated heterocycles. The highest BCUT2D eigenvalue weighted by molar-refractivity contribution is 7.89. The van der Waals surface area contributed by atoms with Gasteiger partial charge in [-0.15, -0.1) is 0 Å². The van der Waals surface area contributed by atoms with Crippen LogP contribution in [0.2, 0.25) is 0 Å². The van der Waals surface area contributed by atoms with Crippen LogP contribution in [0.1, 0.15) is 30.1 Å². The fraction of sp³-hybridized carbons (Fsp3) is 0.412. The highest BCUT2D eigenvalue weighted by Crippen LogP contribution is 2.25.